The first-order valence-corrected chi connectivity index (χ1v) is 5.85. The molecule has 2 rings (SSSR count). The van der Waals surface area contributed by atoms with E-state index in [1.54, 1.807) is 19.2 Å². The van der Waals surface area contributed by atoms with Gasteiger partial charge in [-0.2, -0.15) is 0 Å². The van der Waals surface area contributed by atoms with Gasteiger partial charge in [-0.15, -0.1) is 0 Å². The van der Waals surface area contributed by atoms with Crippen LogP contribution in [0, 0.1) is 6.92 Å². The van der Waals surface area contributed by atoms with E-state index in [0.29, 0.717) is 6.54 Å². The van der Waals surface area contributed by atoms with E-state index in [1.807, 2.05) is 31.2 Å². The van der Waals surface area contributed by atoms with Gasteiger partial charge in [0.05, 0.1) is 7.11 Å². The molecule has 0 unspecified atom stereocenters. The minimum atomic E-state index is 0.274. The third-order valence-corrected chi connectivity index (χ3v) is 2.79. The molecule has 2 N–H and O–H groups in total. The van der Waals surface area contributed by atoms with Crippen LogP contribution in [0.5, 0.6) is 11.5 Å². The van der Waals surface area contributed by atoms with Gasteiger partial charge in [-0.05, 0) is 42.8 Å². The summed E-state index contributed by atoms with van der Waals surface area (Å²) in [6.45, 7) is 2.61. The Morgan fingerprint density at radius 1 is 1.17 bits per heavy atom. The number of hydrogen-bond donors (Lipinski definition) is 2. The van der Waals surface area contributed by atoms with Crippen molar-refractivity contribution in [3.05, 3.63) is 53.6 Å². The predicted molar refractivity (Wildman–Crippen MR) is 73.2 cm³/mol. The highest BCUT2D eigenvalue weighted by Gasteiger charge is 2.03. The monoisotopic (exact) mass is 243 g/mol. The number of ether oxygens (including phenoxy) is 1. The third kappa shape index (κ3) is 2.94. The molecule has 2 aromatic carbocycles. The number of rotatable bonds is 4. The number of hydrogen-bond acceptors (Lipinski definition) is 3. The molecular weight excluding hydrogens is 226 g/mol. The van der Waals surface area contributed by atoms with Crippen LogP contribution in [-0.2, 0) is 6.54 Å². The molecule has 94 valence electrons. The molecule has 3 heteroatoms. The summed E-state index contributed by atoms with van der Waals surface area (Å²) in [5.74, 6) is 1.02. The summed E-state index contributed by atoms with van der Waals surface area (Å²) in [5.41, 5.74) is 3.06. The summed E-state index contributed by atoms with van der Waals surface area (Å²) in [6.07, 6.45) is 0. The minimum absolute atomic E-state index is 0.274. The lowest BCUT2D eigenvalue weighted by atomic mass is 10.1. The van der Waals surface area contributed by atoms with Crippen LogP contribution in [0.15, 0.2) is 42.5 Å². The topological polar surface area (TPSA) is 41.5 Å². The van der Waals surface area contributed by atoms with E-state index < -0.39 is 0 Å². The van der Waals surface area contributed by atoms with Crippen molar-refractivity contribution in [2.24, 2.45) is 0 Å². The van der Waals surface area contributed by atoms with Crippen molar-refractivity contribution in [2.75, 3.05) is 12.4 Å². The lowest BCUT2D eigenvalue weighted by molar-refractivity contribution is 0.411. The molecule has 0 saturated heterocycles. The van der Waals surface area contributed by atoms with E-state index in [4.69, 9.17) is 4.74 Å². The highest BCUT2D eigenvalue weighted by atomic mass is 16.5. The van der Waals surface area contributed by atoms with E-state index in [-0.39, 0.29) is 5.75 Å². The van der Waals surface area contributed by atoms with Crippen molar-refractivity contribution >= 4 is 5.69 Å². The number of anilines is 1. The molecule has 0 atom stereocenters. The summed E-state index contributed by atoms with van der Waals surface area (Å²) in [6, 6.07) is 13.3. The zero-order chi connectivity index (χ0) is 13.0. The van der Waals surface area contributed by atoms with Crippen LogP contribution < -0.4 is 10.1 Å². The number of benzene rings is 2. The minimum Gasteiger partial charge on any atom is -0.508 e. The van der Waals surface area contributed by atoms with Crippen LogP contribution >= 0.6 is 0 Å². The number of aromatic hydroxyl groups is 1. The Labute approximate surface area is 107 Å². The Morgan fingerprint density at radius 2 is 2.00 bits per heavy atom. The molecule has 3 nitrogen and oxygen atoms in total. The zero-order valence-corrected chi connectivity index (χ0v) is 10.6. The molecule has 0 aromatic heterocycles. The van der Waals surface area contributed by atoms with Crippen LogP contribution in [-0.4, -0.2) is 12.2 Å². The molecule has 0 radical (unpaired) electrons. The summed E-state index contributed by atoms with van der Waals surface area (Å²) >= 11 is 0. The van der Waals surface area contributed by atoms with Crippen molar-refractivity contribution in [1.82, 2.24) is 0 Å². The molecule has 18 heavy (non-hydrogen) atoms. The molecule has 0 spiro atoms. The number of aryl methyl sites for hydroxylation is 1. The second-order valence-corrected chi connectivity index (χ2v) is 4.22. The molecule has 0 heterocycles. The lowest BCUT2D eigenvalue weighted by Gasteiger charge is -2.10. The fourth-order valence-corrected chi connectivity index (χ4v) is 1.78. The van der Waals surface area contributed by atoms with Gasteiger partial charge in [0.2, 0.25) is 0 Å². The van der Waals surface area contributed by atoms with Gasteiger partial charge >= 0.3 is 0 Å². The quantitative estimate of drug-likeness (QED) is 0.865. The molecule has 2 aromatic rings. The molecule has 0 aliphatic heterocycles. The largest absolute Gasteiger partial charge is 0.508 e. The Hall–Kier alpha value is -2.16. The molecule has 0 saturated carbocycles. The fourth-order valence-electron chi connectivity index (χ4n) is 1.78. The third-order valence-electron chi connectivity index (χ3n) is 2.79. The van der Waals surface area contributed by atoms with Crippen molar-refractivity contribution < 1.29 is 9.84 Å². The Bertz CT molecular complexity index is 538. The van der Waals surface area contributed by atoms with Crippen LogP contribution in [0.4, 0.5) is 5.69 Å². The van der Waals surface area contributed by atoms with Gasteiger partial charge in [-0.1, -0.05) is 12.1 Å². The van der Waals surface area contributed by atoms with Gasteiger partial charge in [0, 0.05) is 17.8 Å². The van der Waals surface area contributed by atoms with Gasteiger partial charge in [0.15, 0.2) is 0 Å². The second-order valence-electron chi connectivity index (χ2n) is 4.22. The Balaban J connectivity index is 2.10. The van der Waals surface area contributed by atoms with E-state index in [0.717, 1.165) is 17.0 Å². The van der Waals surface area contributed by atoms with Crippen molar-refractivity contribution in [1.29, 1.82) is 0 Å². The number of nitrogens with one attached hydrogen (secondary N) is 1. The summed E-state index contributed by atoms with van der Waals surface area (Å²) in [7, 11) is 1.62. The molecule has 0 aliphatic rings. The summed E-state index contributed by atoms with van der Waals surface area (Å²) < 4.78 is 5.14. The first-order chi connectivity index (χ1) is 8.69. The summed E-state index contributed by atoms with van der Waals surface area (Å²) in [5, 5.41) is 13.0. The lowest BCUT2D eigenvalue weighted by Crippen LogP contribution is -2.00. The van der Waals surface area contributed by atoms with E-state index in [1.165, 1.54) is 5.56 Å². The second kappa shape index (κ2) is 5.45. The van der Waals surface area contributed by atoms with Gasteiger partial charge < -0.3 is 15.2 Å². The van der Waals surface area contributed by atoms with Crippen molar-refractivity contribution in [3.8, 4) is 11.5 Å². The fraction of sp³-hybridized carbons (Fsp3) is 0.200. The summed E-state index contributed by atoms with van der Waals surface area (Å²) in [4.78, 5) is 0. The maximum atomic E-state index is 9.77. The van der Waals surface area contributed by atoms with Crippen LogP contribution in [0.25, 0.3) is 0 Å². The molecule has 0 bridgehead atoms. The normalized spacial score (nSPS) is 10.1. The van der Waals surface area contributed by atoms with Gasteiger partial charge in [0.25, 0.3) is 0 Å². The number of phenolic OH excluding ortho intramolecular Hbond substituents is 1. The smallest absolute Gasteiger partial charge is 0.120 e. The van der Waals surface area contributed by atoms with Crippen LogP contribution in [0.3, 0.4) is 0 Å². The molecule has 0 aliphatic carbocycles. The van der Waals surface area contributed by atoms with E-state index in [2.05, 4.69) is 11.4 Å². The van der Waals surface area contributed by atoms with Crippen molar-refractivity contribution in [3.63, 3.8) is 0 Å². The zero-order valence-electron chi connectivity index (χ0n) is 10.6. The Morgan fingerprint density at radius 3 is 2.72 bits per heavy atom. The Kier molecular flexibility index (Phi) is 3.72. The first kappa shape index (κ1) is 12.3. The maximum Gasteiger partial charge on any atom is 0.120 e. The van der Waals surface area contributed by atoms with Gasteiger partial charge in [-0.3, -0.25) is 0 Å². The average Bonchev–Trinajstić information content (AvgIpc) is 2.38. The SMILES string of the molecule is COc1ccc(O)c(CNc2cccc(C)c2)c1. The first-order valence-electron chi connectivity index (χ1n) is 5.85. The van der Waals surface area contributed by atoms with Crippen LogP contribution in [0.2, 0.25) is 0 Å². The standard InChI is InChI=1S/C15H17NO2/c1-11-4-3-5-13(8-11)16-10-12-9-14(18-2)6-7-15(12)17/h3-9,16-17H,10H2,1-2H3. The molecule has 0 fully saturated rings. The van der Waals surface area contributed by atoms with E-state index in [9.17, 15) is 5.11 Å². The molecular formula is C15H17NO2. The van der Waals surface area contributed by atoms with E-state index >= 15 is 0 Å². The maximum absolute atomic E-state index is 9.77. The van der Waals surface area contributed by atoms with Gasteiger partial charge in [-0.25, -0.2) is 0 Å². The average molecular weight is 243 g/mol. The highest BCUT2D eigenvalue weighted by Crippen LogP contribution is 2.23. The van der Waals surface area contributed by atoms with Gasteiger partial charge in [0.1, 0.15) is 11.5 Å². The predicted octanol–water partition coefficient (Wildman–Crippen LogP) is 3.32. The van der Waals surface area contributed by atoms with Crippen molar-refractivity contribution in [2.45, 2.75) is 13.5 Å². The highest BCUT2D eigenvalue weighted by molar-refractivity contribution is 5.48. The molecule has 0 amide bonds. The van der Waals surface area contributed by atoms with Crippen LogP contribution in [0.1, 0.15) is 11.1 Å². The number of phenols is 1. The number of methoxy groups -OCH3 is 1.